The van der Waals surface area contributed by atoms with E-state index in [4.69, 9.17) is 0 Å². The van der Waals surface area contributed by atoms with E-state index in [1.165, 1.54) is 32.9 Å². The van der Waals surface area contributed by atoms with Crippen LogP contribution in [0.25, 0.3) is 21.8 Å². The van der Waals surface area contributed by atoms with E-state index in [0.717, 1.165) is 0 Å². The Bertz CT molecular complexity index is 807. The van der Waals surface area contributed by atoms with Crippen LogP contribution < -0.4 is 0 Å². The number of benzene rings is 2. The molecule has 3 aromatic rings. The van der Waals surface area contributed by atoms with Gasteiger partial charge in [0, 0.05) is 16.3 Å². The maximum absolute atomic E-state index is 3.67. The first-order chi connectivity index (χ1) is 9.69. The van der Waals surface area contributed by atoms with Gasteiger partial charge in [-0.1, -0.05) is 71.9 Å². The zero-order chi connectivity index (χ0) is 15.4. The number of hydrogen-bond acceptors (Lipinski definition) is 0. The summed E-state index contributed by atoms with van der Waals surface area (Å²) in [7, 11) is 0. The van der Waals surface area contributed by atoms with Crippen molar-refractivity contribution in [3.63, 3.8) is 0 Å². The van der Waals surface area contributed by atoms with Crippen LogP contribution in [-0.4, -0.2) is 4.98 Å². The van der Waals surface area contributed by atoms with E-state index in [-0.39, 0.29) is 10.8 Å². The molecule has 3 rings (SSSR count). The average molecular weight is 279 g/mol. The van der Waals surface area contributed by atoms with E-state index in [1.54, 1.807) is 0 Å². The lowest BCUT2D eigenvalue weighted by molar-refractivity contribution is 0.595. The molecule has 0 unspecified atom stereocenters. The number of para-hydroxylation sites is 1. The highest BCUT2D eigenvalue weighted by molar-refractivity contribution is 6.10. The van der Waals surface area contributed by atoms with Gasteiger partial charge in [0.25, 0.3) is 0 Å². The van der Waals surface area contributed by atoms with Crippen molar-refractivity contribution in [3.05, 3.63) is 47.5 Å². The van der Waals surface area contributed by atoms with E-state index >= 15 is 0 Å². The van der Waals surface area contributed by atoms with E-state index in [2.05, 4.69) is 82.9 Å². The zero-order valence-corrected chi connectivity index (χ0v) is 14.0. The predicted molar refractivity (Wildman–Crippen MR) is 93.2 cm³/mol. The lowest BCUT2D eigenvalue weighted by Crippen LogP contribution is -2.12. The highest BCUT2D eigenvalue weighted by Crippen LogP contribution is 2.38. The molecular weight excluding hydrogens is 254 g/mol. The Morgan fingerprint density at radius 2 is 1.29 bits per heavy atom. The van der Waals surface area contributed by atoms with Gasteiger partial charge < -0.3 is 4.98 Å². The number of rotatable bonds is 0. The summed E-state index contributed by atoms with van der Waals surface area (Å²) in [4.78, 5) is 3.67. The first kappa shape index (κ1) is 14.2. The van der Waals surface area contributed by atoms with Crippen molar-refractivity contribution in [1.82, 2.24) is 4.98 Å². The monoisotopic (exact) mass is 279 g/mol. The molecule has 1 heterocycles. The van der Waals surface area contributed by atoms with Crippen molar-refractivity contribution in [2.24, 2.45) is 0 Å². The topological polar surface area (TPSA) is 15.8 Å². The van der Waals surface area contributed by atoms with Crippen molar-refractivity contribution in [3.8, 4) is 0 Å². The molecule has 0 saturated carbocycles. The third-order valence-electron chi connectivity index (χ3n) is 4.27. The third-order valence-corrected chi connectivity index (χ3v) is 4.27. The molecule has 110 valence electrons. The fourth-order valence-corrected chi connectivity index (χ4v) is 3.23. The predicted octanol–water partition coefficient (Wildman–Crippen LogP) is 5.92. The second kappa shape index (κ2) is 4.37. The van der Waals surface area contributed by atoms with E-state index < -0.39 is 0 Å². The van der Waals surface area contributed by atoms with Gasteiger partial charge in [0.1, 0.15) is 0 Å². The van der Waals surface area contributed by atoms with Gasteiger partial charge >= 0.3 is 0 Å². The molecule has 2 aromatic carbocycles. The molecular formula is C20H25N. The number of aromatic amines is 1. The number of aromatic nitrogens is 1. The minimum absolute atomic E-state index is 0.141. The molecule has 21 heavy (non-hydrogen) atoms. The summed E-state index contributed by atoms with van der Waals surface area (Å²) in [5.74, 6) is 0. The number of hydrogen-bond donors (Lipinski definition) is 1. The van der Waals surface area contributed by atoms with Gasteiger partial charge in [0.2, 0.25) is 0 Å². The van der Waals surface area contributed by atoms with Gasteiger partial charge in [0.05, 0.1) is 5.52 Å². The summed E-state index contributed by atoms with van der Waals surface area (Å²) in [5.41, 5.74) is 5.62. The van der Waals surface area contributed by atoms with Crippen LogP contribution in [0.3, 0.4) is 0 Å². The second-order valence-corrected chi connectivity index (χ2v) is 8.08. The van der Waals surface area contributed by atoms with Crippen LogP contribution in [-0.2, 0) is 10.8 Å². The minimum Gasteiger partial charge on any atom is -0.354 e. The molecule has 0 aliphatic carbocycles. The maximum Gasteiger partial charge on any atom is 0.0502 e. The van der Waals surface area contributed by atoms with Gasteiger partial charge in [-0.3, -0.25) is 0 Å². The largest absolute Gasteiger partial charge is 0.354 e. The molecule has 0 saturated heterocycles. The van der Waals surface area contributed by atoms with Gasteiger partial charge in [0.15, 0.2) is 0 Å². The zero-order valence-electron chi connectivity index (χ0n) is 14.0. The second-order valence-electron chi connectivity index (χ2n) is 8.08. The fraction of sp³-hybridized carbons (Fsp3) is 0.400. The SMILES string of the molecule is CC(C)(C)c1cccc2c1[nH]c1cccc(C(C)(C)C)c12. The van der Waals surface area contributed by atoms with Crippen molar-refractivity contribution in [2.75, 3.05) is 0 Å². The van der Waals surface area contributed by atoms with Gasteiger partial charge in [-0.2, -0.15) is 0 Å². The molecule has 0 aliphatic rings. The molecule has 1 aromatic heterocycles. The Balaban J connectivity index is 2.48. The van der Waals surface area contributed by atoms with Gasteiger partial charge in [-0.05, 0) is 28.0 Å². The molecule has 0 spiro atoms. The van der Waals surface area contributed by atoms with Crippen LogP contribution in [0.15, 0.2) is 36.4 Å². The highest BCUT2D eigenvalue weighted by atomic mass is 14.7. The van der Waals surface area contributed by atoms with E-state index in [9.17, 15) is 0 Å². The van der Waals surface area contributed by atoms with E-state index in [1.807, 2.05) is 0 Å². The molecule has 1 heteroatoms. The van der Waals surface area contributed by atoms with Crippen LogP contribution in [0.4, 0.5) is 0 Å². The summed E-state index contributed by atoms with van der Waals surface area (Å²) >= 11 is 0. The Morgan fingerprint density at radius 1 is 0.714 bits per heavy atom. The summed E-state index contributed by atoms with van der Waals surface area (Å²) in [6, 6.07) is 13.3. The van der Waals surface area contributed by atoms with Crippen molar-refractivity contribution >= 4 is 21.8 Å². The number of fused-ring (bicyclic) bond motifs is 3. The lowest BCUT2D eigenvalue weighted by atomic mass is 9.83. The molecule has 0 fully saturated rings. The normalized spacial score (nSPS) is 13.2. The summed E-state index contributed by atoms with van der Waals surface area (Å²) in [6.07, 6.45) is 0. The molecule has 0 atom stereocenters. The Labute approximate surface area is 127 Å². The summed E-state index contributed by atoms with van der Waals surface area (Å²) < 4.78 is 0. The Morgan fingerprint density at radius 3 is 1.90 bits per heavy atom. The first-order valence-electron chi connectivity index (χ1n) is 7.74. The van der Waals surface area contributed by atoms with E-state index in [0.29, 0.717) is 0 Å². The van der Waals surface area contributed by atoms with Crippen LogP contribution in [0.1, 0.15) is 52.7 Å². The molecule has 0 amide bonds. The molecule has 0 bridgehead atoms. The molecule has 1 N–H and O–H groups in total. The summed E-state index contributed by atoms with van der Waals surface area (Å²) in [6.45, 7) is 13.7. The highest BCUT2D eigenvalue weighted by Gasteiger charge is 2.22. The average Bonchev–Trinajstić information content (AvgIpc) is 2.74. The molecule has 0 radical (unpaired) electrons. The first-order valence-corrected chi connectivity index (χ1v) is 7.74. The number of nitrogens with one attached hydrogen (secondary N) is 1. The van der Waals surface area contributed by atoms with Crippen LogP contribution >= 0.6 is 0 Å². The van der Waals surface area contributed by atoms with Crippen LogP contribution in [0.5, 0.6) is 0 Å². The fourth-order valence-electron chi connectivity index (χ4n) is 3.23. The smallest absolute Gasteiger partial charge is 0.0502 e. The quantitative estimate of drug-likeness (QED) is 0.526. The van der Waals surface area contributed by atoms with Gasteiger partial charge in [-0.25, -0.2) is 0 Å². The Hall–Kier alpha value is -1.76. The molecule has 1 nitrogen and oxygen atoms in total. The number of H-pyrrole nitrogens is 1. The van der Waals surface area contributed by atoms with Crippen LogP contribution in [0.2, 0.25) is 0 Å². The molecule has 0 aliphatic heterocycles. The summed E-state index contributed by atoms with van der Waals surface area (Å²) in [5, 5.41) is 2.73. The standard InChI is InChI=1S/C20H25N/c1-19(2,3)14-10-8-12-16-17(14)13-9-7-11-15(18(13)21-16)20(4,5)6/h7-12,21H,1-6H3. The van der Waals surface area contributed by atoms with Crippen LogP contribution in [0, 0.1) is 0 Å². The maximum atomic E-state index is 3.67. The third kappa shape index (κ3) is 2.25. The van der Waals surface area contributed by atoms with Crippen molar-refractivity contribution < 1.29 is 0 Å². The lowest BCUT2D eigenvalue weighted by Gasteiger charge is -2.21. The van der Waals surface area contributed by atoms with Gasteiger partial charge in [-0.15, -0.1) is 0 Å². The minimum atomic E-state index is 0.141. The Kier molecular flexibility index (Phi) is 2.95. The van der Waals surface area contributed by atoms with Crippen molar-refractivity contribution in [2.45, 2.75) is 52.4 Å². The van der Waals surface area contributed by atoms with Crippen molar-refractivity contribution in [1.29, 1.82) is 0 Å².